The van der Waals surface area contributed by atoms with Gasteiger partial charge < -0.3 is 14.1 Å². The molecule has 1 amide bonds. The number of rotatable bonds is 7. The van der Waals surface area contributed by atoms with E-state index < -0.39 is 5.25 Å². The number of halogens is 1. The molecule has 0 spiro atoms. The molecule has 0 saturated carbocycles. The molecule has 0 saturated heterocycles. The minimum atomic E-state index is -0.408. The molecule has 1 atom stereocenters. The lowest BCUT2D eigenvalue weighted by Gasteiger charge is -2.15. The number of nitrogens with zero attached hydrogens (tertiary/aromatic N) is 3. The van der Waals surface area contributed by atoms with Gasteiger partial charge in [-0.1, -0.05) is 23.4 Å². The number of ketones is 1. The van der Waals surface area contributed by atoms with Gasteiger partial charge in [0.25, 0.3) is 11.1 Å². The summed E-state index contributed by atoms with van der Waals surface area (Å²) in [6.45, 7) is 4.12. The molecule has 160 valence electrons. The fourth-order valence-corrected chi connectivity index (χ4v) is 4.25. The highest BCUT2D eigenvalue weighted by atomic mass is 35.5. The van der Waals surface area contributed by atoms with E-state index in [9.17, 15) is 9.59 Å². The van der Waals surface area contributed by atoms with E-state index in [0.717, 1.165) is 17.7 Å². The maximum absolute atomic E-state index is 12.9. The van der Waals surface area contributed by atoms with Crippen molar-refractivity contribution in [2.24, 2.45) is 0 Å². The van der Waals surface area contributed by atoms with E-state index in [4.69, 9.17) is 20.8 Å². The van der Waals surface area contributed by atoms with E-state index in [1.807, 2.05) is 12.1 Å². The number of hydrogen-bond donors (Lipinski definition) is 0. The third kappa shape index (κ3) is 4.91. The second-order valence-corrected chi connectivity index (χ2v) is 8.82. The minimum absolute atomic E-state index is 0.00832. The summed E-state index contributed by atoms with van der Waals surface area (Å²) in [5.74, 6) is 0.930. The van der Waals surface area contributed by atoms with Crippen molar-refractivity contribution in [2.45, 2.75) is 37.3 Å². The highest BCUT2D eigenvalue weighted by Crippen LogP contribution is 2.31. The molecule has 3 aromatic rings. The number of anilines is 1. The van der Waals surface area contributed by atoms with Crippen molar-refractivity contribution in [3.8, 4) is 5.75 Å². The van der Waals surface area contributed by atoms with Crippen LogP contribution in [0.15, 0.2) is 52.1 Å². The van der Waals surface area contributed by atoms with Crippen LogP contribution in [0.5, 0.6) is 5.75 Å². The lowest BCUT2D eigenvalue weighted by molar-refractivity contribution is -0.116. The van der Waals surface area contributed by atoms with Crippen molar-refractivity contribution in [3.63, 3.8) is 0 Å². The Bertz CT molecular complexity index is 1120. The van der Waals surface area contributed by atoms with Crippen LogP contribution >= 0.6 is 23.4 Å². The average molecular weight is 458 g/mol. The Balaban J connectivity index is 1.36. The topological polar surface area (TPSA) is 85.5 Å². The number of amides is 1. The molecular weight excluding hydrogens is 438 g/mol. The number of carbonyl (C=O) groups is 2. The molecule has 0 fully saturated rings. The highest BCUT2D eigenvalue weighted by Gasteiger charge is 2.25. The molecule has 4 rings (SSSR count). The summed E-state index contributed by atoms with van der Waals surface area (Å²) < 4.78 is 11.2. The Hall–Kier alpha value is -2.84. The molecule has 0 aliphatic carbocycles. The van der Waals surface area contributed by atoms with Gasteiger partial charge in [-0.25, -0.2) is 0 Å². The summed E-state index contributed by atoms with van der Waals surface area (Å²) in [5.41, 5.74) is 2.50. The summed E-state index contributed by atoms with van der Waals surface area (Å²) in [7, 11) is 0. The number of ether oxygens (including phenoxy) is 1. The van der Waals surface area contributed by atoms with E-state index >= 15 is 0 Å². The zero-order valence-electron chi connectivity index (χ0n) is 17.0. The Morgan fingerprint density at radius 3 is 2.74 bits per heavy atom. The number of carbonyl (C=O) groups excluding carboxylic acids is 2. The second kappa shape index (κ2) is 9.11. The maximum Gasteiger partial charge on any atom is 0.277 e. The Kier molecular flexibility index (Phi) is 6.29. The first kappa shape index (κ1) is 21.4. The molecule has 1 unspecified atom stereocenters. The Morgan fingerprint density at radius 1 is 1.23 bits per heavy atom. The van der Waals surface area contributed by atoms with Gasteiger partial charge >= 0.3 is 0 Å². The van der Waals surface area contributed by atoms with Crippen molar-refractivity contribution in [2.75, 3.05) is 11.4 Å². The van der Waals surface area contributed by atoms with Gasteiger partial charge in [0.15, 0.2) is 12.4 Å². The van der Waals surface area contributed by atoms with E-state index in [2.05, 4.69) is 10.2 Å². The molecular formula is C22H20ClN3O4S. The van der Waals surface area contributed by atoms with E-state index in [1.54, 1.807) is 49.1 Å². The lowest BCUT2D eigenvalue weighted by Crippen LogP contribution is -2.25. The van der Waals surface area contributed by atoms with Gasteiger partial charge in [-0.05, 0) is 61.4 Å². The third-order valence-corrected chi connectivity index (χ3v) is 6.10. The summed E-state index contributed by atoms with van der Waals surface area (Å²) in [6, 6.07) is 12.4. The largest absolute Gasteiger partial charge is 0.484 e. The SMILES string of the molecule is CC(=O)N1CCc2cc(C(=O)C(C)Sc3nnc(COc4ccc(Cl)cc4)o3)ccc21. The number of benzene rings is 2. The van der Waals surface area contributed by atoms with E-state index in [-0.39, 0.29) is 18.3 Å². The molecule has 9 heteroatoms. The zero-order valence-corrected chi connectivity index (χ0v) is 18.6. The zero-order chi connectivity index (χ0) is 22.0. The summed E-state index contributed by atoms with van der Waals surface area (Å²) in [4.78, 5) is 26.3. The van der Waals surface area contributed by atoms with Gasteiger partial charge in [0.2, 0.25) is 5.91 Å². The number of aromatic nitrogens is 2. The average Bonchev–Trinajstić information content (AvgIpc) is 3.39. The summed E-state index contributed by atoms with van der Waals surface area (Å²) >= 11 is 7.06. The van der Waals surface area contributed by atoms with E-state index in [1.165, 1.54) is 11.8 Å². The van der Waals surface area contributed by atoms with Crippen molar-refractivity contribution in [1.82, 2.24) is 10.2 Å². The van der Waals surface area contributed by atoms with Crippen LogP contribution in [-0.4, -0.2) is 33.7 Å². The van der Waals surface area contributed by atoms with Crippen LogP contribution in [0.4, 0.5) is 5.69 Å². The molecule has 0 radical (unpaired) electrons. The third-order valence-electron chi connectivity index (χ3n) is 4.91. The summed E-state index contributed by atoms with van der Waals surface area (Å²) in [6.07, 6.45) is 0.748. The summed E-state index contributed by atoms with van der Waals surface area (Å²) in [5, 5.41) is 8.49. The number of fused-ring (bicyclic) bond motifs is 1. The van der Waals surface area contributed by atoms with Crippen LogP contribution in [0.1, 0.15) is 35.7 Å². The lowest BCUT2D eigenvalue weighted by atomic mass is 10.0. The first-order valence-corrected chi connectivity index (χ1v) is 11.0. The van der Waals surface area contributed by atoms with Gasteiger partial charge in [0.1, 0.15) is 5.75 Å². The molecule has 31 heavy (non-hydrogen) atoms. The fourth-order valence-electron chi connectivity index (χ4n) is 3.34. The van der Waals surface area contributed by atoms with Gasteiger partial charge in [0.05, 0.1) is 5.25 Å². The normalized spacial score (nSPS) is 13.7. The van der Waals surface area contributed by atoms with Crippen molar-refractivity contribution >= 4 is 40.7 Å². The van der Waals surface area contributed by atoms with Gasteiger partial charge in [-0.15, -0.1) is 10.2 Å². The minimum Gasteiger partial charge on any atom is -0.484 e. The van der Waals surface area contributed by atoms with Crippen LogP contribution < -0.4 is 9.64 Å². The number of hydrogen-bond acceptors (Lipinski definition) is 7. The smallest absolute Gasteiger partial charge is 0.277 e. The molecule has 0 N–H and O–H groups in total. The molecule has 1 aliphatic heterocycles. The first-order chi connectivity index (χ1) is 14.9. The van der Waals surface area contributed by atoms with Crippen LogP contribution in [-0.2, 0) is 17.8 Å². The van der Waals surface area contributed by atoms with Crippen LogP contribution in [0.3, 0.4) is 0 Å². The van der Waals surface area contributed by atoms with Crippen molar-refractivity contribution in [1.29, 1.82) is 0 Å². The number of Topliss-reactive ketones (excluding diaryl/α,β-unsaturated/α-hetero) is 1. The van der Waals surface area contributed by atoms with Crippen LogP contribution in [0.2, 0.25) is 5.02 Å². The van der Waals surface area contributed by atoms with Crippen molar-refractivity contribution < 1.29 is 18.7 Å². The molecule has 2 heterocycles. The predicted octanol–water partition coefficient (Wildman–Crippen LogP) is 4.57. The predicted molar refractivity (Wildman–Crippen MR) is 118 cm³/mol. The number of thioether (sulfide) groups is 1. The van der Waals surface area contributed by atoms with E-state index in [0.29, 0.717) is 34.0 Å². The van der Waals surface area contributed by atoms with Gasteiger partial charge in [-0.2, -0.15) is 0 Å². The quantitative estimate of drug-likeness (QED) is 0.379. The monoisotopic (exact) mass is 457 g/mol. The van der Waals surface area contributed by atoms with Gasteiger partial charge in [-0.3, -0.25) is 9.59 Å². The van der Waals surface area contributed by atoms with Crippen molar-refractivity contribution in [3.05, 3.63) is 64.5 Å². The fraction of sp³-hybridized carbons (Fsp3) is 0.273. The van der Waals surface area contributed by atoms with Gasteiger partial charge in [0, 0.05) is 29.7 Å². The molecule has 7 nitrogen and oxygen atoms in total. The molecule has 2 aromatic carbocycles. The van der Waals surface area contributed by atoms with Crippen LogP contribution in [0, 0.1) is 0 Å². The molecule has 0 bridgehead atoms. The maximum atomic E-state index is 12.9. The molecule has 1 aliphatic rings. The Morgan fingerprint density at radius 2 is 2.00 bits per heavy atom. The first-order valence-electron chi connectivity index (χ1n) is 9.73. The standard InChI is InChI=1S/C22H20ClN3O4S/c1-13(21(28)16-3-8-19-15(11-16)9-10-26(19)14(2)27)31-22-25-24-20(30-22)12-29-18-6-4-17(23)5-7-18/h3-8,11,13H,9-10,12H2,1-2H3. The second-order valence-electron chi connectivity index (χ2n) is 7.09. The van der Waals surface area contributed by atoms with Crippen LogP contribution in [0.25, 0.3) is 0 Å². The highest BCUT2D eigenvalue weighted by molar-refractivity contribution is 8.00. The molecule has 1 aromatic heterocycles. The Labute approximate surface area is 188 Å².